The molecule has 2 amide bonds. The molecule has 2 aromatic carbocycles. The number of aromatic nitrogens is 2. The van der Waals surface area contributed by atoms with Crippen LogP contribution in [0.2, 0.25) is 0 Å². The third-order valence-corrected chi connectivity index (χ3v) is 5.77. The van der Waals surface area contributed by atoms with Gasteiger partial charge >= 0.3 is 6.09 Å². The number of carbonyl (C=O) groups is 2. The van der Waals surface area contributed by atoms with Gasteiger partial charge in [0.2, 0.25) is 5.91 Å². The van der Waals surface area contributed by atoms with Crippen LogP contribution in [0.25, 0.3) is 11.1 Å². The number of ether oxygens (including phenoxy) is 1. The number of amides is 2. The first-order valence-electron chi connectivity index (χ1n) is 11.1. The van der Waals surface area contributed by atoms with E-state index in [-0.39, 0.29) is 48.6 Å². The molecule has 0 spiro atoms. The number of hydrogen-bond donors (Lipinski definition) is 2. The highest BCUT2D eigenvalue weighted by Crippen LogP contribution is 2.26. The van der Waals surface area contributed by atoms with E-state index in [1.54, 1.807) is 35.3 Å². The summed E-state index contributed by atoms with van der Waals surface area (Å²) in [6, 6.07) is 10.1. The second-order valence-corrected chi connectivity index (χ2v) is 8.47. The van der Waals surface area contributed by atoms with E-state index in [4.69, 9.17) is 10.1 Å². The Morgan fingerprint density at radius 2 is 1.97 bits per heavy atom. The Hall–Kier alpha value is -4.08. The summed E-state index contributed by atoms with van der Waals surface area (Å²) >= 11 is 0. The van der Waals surface area contributed by atoms with Crippen LogP contribution < -0.4 is 10.2 Å². The van der Waals surface area contributed by atoms with Crippen molar-refractivity contribution in [2.75, 3.05) is 18.0 Å². The Kier molecular flexibility index (Phi) is 6.90. The molecule has 2 atom stereocenters. The minimum atomic E-state index is -0.620. The van der Waals surface area contributed by atoms with Crippen LogP contribution in [-0.2, 0) is 9.53 Å². The largest absolute Gasteiger partial charge is 0.442 e. The van der Waals surface area contributed by atoms with E-state index < -0.39 is 18.0 Å². The summed E-state index contributed by atoms with van der Waals surface area (Å²) in [6.45, 7) is 3.60. The van der Waals surface area contributed by atoms with Gasteiger partial charge in [-0.2, -0.15) is 5.10 Å². The maximum Gasteiger partial charge on any atom is 0.414 e. The number of hydrogen-bond acceptors (Lipinski definition) is 5. The fourth-order valence-electron chi connectivity index (χ4n) is 3.88. The molecule has 8 nitrogen and oxygen atoms in total. The highest BCUT2D eigenvalue weighted by molar-refractivity contribution is 5.99. The Labute approximate surface area is 201 Å². The summed E-state index contributed by atoms with van der Waals surface area (Å²) in [7, 11) is 0. The van der Waals surface area contributed by atoms with E-state index in [9.17, 15) is 18.4 Å². The van der Waals surface area contributed by atoms with Crippen LogP contribution in [0.3, 0.4) is 0 Å². The predicted molar refractivity (Wildman–Crippen MR) is 126 cm³/mol. The molecular formula is C25H25F2N5O3. The van der Waals surface area contributed by atoms with Gasteiger partial charge in [-0.25, -0.2) is 13.6 Å². The van der Waals surface area contributed by atoms with Gasteiger partial charge in [0, 0.05) is 36.4 Å². The first-order valence-corrected chi connectivity index (χ1v) is 11.1. The molecule has 0 saturated carbocycles. The maximum atomic E-state index is 14.9. The average molecular weight is 482 g/mol. The van der Waals surface area contributed by atoms with Gasteiger partial charge in [0.1, 0.15) is 17.7 Å². The Morgan fingerprint density at radius 1 is 1.23 bits per heavy atom. The monoisotopic (exact) mass is 481 g/mol. The van der Waals surface area contributed by atoms with Gasteiger partial charge in [0.25, 0.3) is 0 Å². The van der Waals surface area contributed by atoms with Crippen molar-refractivity contribution < 1.29 is 23.1 Å². The molecule has 4 rings (SSSR count). The number of nitrogens with one attached hydrogen (secondary N) is 2. The minimum Gasteiger partial charge on any atom is -0.442 e. The number of halogens is 2. The lowest BCUT2D eigenvalue weighted by molar-refractivity contribution is -0.119. The number of carbonyl (C=O) groups excluding carboxylic acids is 2. The number of benzene rings is 2. The molecule has 1 aliphatic heterocycles. The molecule has 2 N–H and O–H groups in total. The molecule has 0 aliphatic carbocycles. The molecule has 1 unspecified atom stereocenters. The van der Waals surface area contributed by atoms with Gasteiger partial charge in [-0.1, -0.05) is 12.1 Å². The predicted octanol–water partition coefficient (Wildman–Crippen LogP) is 4.31. The van der Waals surface area contributed by atoms with Crippen LogP contribution in [0, 0.1) is 17.0 Å². The summed E-state index contributed by atoms with van der Waals surface area (Å²) in [5, 5.41) is 15.4. The van der Waals surface area contributed by atoms with Crippen molar-refractivity contribution in [2.24, 2.45) is 0 Å². The van der Waals surface area contributed by atoms with Gasteiger partial charge < -0.3 is 15.5 Å². The second kappa shape index (κ2) is 10.0. The zero-order chi connectivity index (χ0) is 25.1. The Bertz CT molecular complexity index is 1260. The van der Waals surface area contributed by atoms with Gasteiger partial charge in [-0.05, 0) is 42.8 Å². The van der Waals surface area contributed by atoms with Crippen LogP contribution in [-0.4, -0.2) is 46.7 Å². The van der Waals surface area contributed by atoms with Crippen molar-refractivity contribution >= 4 is 23.4 Å². The maximum absolute atomic E-state index is 14.9. The summed E-state index contributed by atoms with van der Waals surface area (Å²) in [5.74, 6) is -1.17. The fraction of sp³-hybridized carbons (Fsp3) is 0.280. The molecule has 3 aromatic rings. The molecule has 0 bridgehead atoms. The number of anilines is 1. The highest BCUT2D eigenvalue weighted by Gasteiger charge is 2.32. The smallest absolute Gasteiger partial charge is 0.414 e. The molecule has 1 aliphatic rings. The Balaban J connectivity index is 1.41. The molecule has 1 aromatic heterocycles. The first-order chi connectivity index (χ1) is 16.7. The van der Waals surface area contributed by atoms with Crippen LogP contribution >= 0.6 is 0 Å². The first kappa shape index (κ1) is 24.1. The van der Waals surface area contributed by atoms with Crippen molar-refractivity contribution in [3.63, 3.8) is 0 Å². The average Bonchev–Trinajstić information content (AvgIpc) is 3.45. The topological polar surface area (TPSA) is 100 Å². The molecule has 35 heavy (non-hydrogen) atoms. The lowest BCUT2D eigenvalue weighted by atomic mass is 10.0. The van der Waals surface area contributed by atoms with Crippen molar-refractivity contribution in [1.82, 2.24) is 15.1 Å². The zero-order valence-electron chi connectivity index (χ0n) is 19.3. The Morgan fingerprint density at radius 3 is 2.66 bits per heavy atom. The lowest BCUT2D eigenvalue weighted by Gasteiger charge is -2.16. The van der Waals surface area contributed by atoms with Crippen molar-refractivity contribution in [2.45, 2.75) is 32.4 Å². The molecule has 1 fully saturated rings. The van der Waals surface area contributed by atoms with Crippen LogP contribution in [0.1, 0.15) is 31.9 Å². The van der Waals surface area contributed by atoms with E-state index in [1.807, 2.05) is 6.92 Å². The van der Waals surface area contributed by atoms with E-state index in [1.165, 1.54) is 36.1 Å². The second-order valence-electron chi connectivity index (χ2n) is 8.47. The standard InChI is InChI=1S/C25H25F2N5O3/c1-15(32-13-18(11-30-32)17-3-5-19(26)6-4-17)9-24(28)22-8-7-20(10-23(22)27)31-14-21(35-25(31)34)12-29-16(2)33/h3-8,10-11,13,15,21,28H,9,12,14H2,1-2H3,(H,29,33)/t15?,21-/m0/s1. The van der Waals surface area contributed by atoms with E-state index >= 15 is 0 Å². The minimum absolute atomic E-state index is 0.0907. The van der Waals surface area contributed by atoms with Crippen molar-refractivity contribution in [3.05, 3.63) is 72.1 Å². The van der Waals surface area contributed by atoms with Gasteiger partial charge in [0.15, 0.2) is 0 Å². The van der Waals surface area contributed by atoms with Gasteiger partial charge in [-0.3, -0.25) is 14.4 Å². The van der Waals surface area contributed by atoms with Crippen LogP contribution in [0.4, 0.5) is 19.3 Å². The van der Waals surface area contributed by atoms with Gasteiger partial charge in [-0.15, -0.1) is 0 Å². The SMILES string of the molecule is CC(=O)NC[C@H]1CN(c2ccc(C(=N)CC(C)n3cc(-c4ccc(F)cc4)cn3)c(F)c2)C(=O)O1. The normalized spacial score (nSPS) is 16.2. The van der Waals surface area contributed by atoms with Crippen LogP contribution in [0.5, 0.6) is 0 Å². The van der Waals surface area contributed by atoms with E-state index in [0.29, 0.717) is 5.69 Å². The number of nitrogens with zero attached hydrogens (tertiary/aromatic N) is 3. The fourth-order valence-corrected chi connectivity index (χ4v) is 3.88. The summed E-state index contributed by atoms with van der Waals surface area (Å²) in [6.07, 6.45) is 2.55. The molecule has 10 heteroatoms. The van der Waals surface area contributed by atoms with E-state index in [2.05, 4.69) is 10.4 Å². The van der Waals surface area contributed by atoms with Gasteiger partial charge in [0.05, 0.1) is 31.0 Å². The number of cyclic esters (lactones) is 1. The molecule has 1 saturated heterocycles. The van der Waals surface area contributed by atoms with Crippen LogP contribution in [0.15, 0.2) is 54.9 Å². The van der Waals surface area contributed by atoms with Crippen molar-refractivity contribution in [3.8, 4) is 11.1 Å². The van der Waals surface area contributed by atoms with Crippen molar-refractivity contribution in [1.29, 1.82) is 5.41 Å². The highest BCUT2D eigenvalue weighted by atomic mass is 19.1. The molecule has 0 radical (unpaired) electrons. The zero-order valence-corrected chi connectivity index (χ0v) is 19.3. The molecule has 2 heterocycles. The lowest BCUT2D eigenvalue weighted by Crippen LogP contribution is -2.33. The third kappa shape index (κ3) is 5.53. The number of rotatable bonds is 8. The van der Waals surface area contributed by atoms with E-state index in [0.717, 1.165) is 11.1 Å². The summed E-state index contributed by atoms with van der Waals surface area (Å²) in [5.41, 5.74) is 2.18. The molecular weight excluding hydrogens is 456 g/mol. The third-order valence-electron chi connectivity index (χ3n) is 5.77. The quantitative estimate of drug-likeness (QED) is 0.468. The summed E-state index contributed by atoms with van der Waals surface area (Å²) in [4.78, 5) is 24.6. The molecule has 182 valence electrons. The summed E-state index contributed by atoms with van der Waals surface area (Å²) < 4.78 is 35.0.